The van der Waals surface area contributed by atoms with Gasteiger partial charge in [-0.1, -0.05) is 143 Å². The maximum atomic E-state index is 6.03. The van der Waals surface area contributed by atoms with Gasteiger partial charge in [0.15, 0.2) is 0 Å². The molecule has 4 saturated heterocycles. The van der Waals surface area contributed by atoms with Crippen molar-refractivity contribution in [3.8, 4) is 0 Å². The van der Waals surface area contributed by atoms with E-state index in [1.54, 1.807) is 11.1 Å². The van der Waals surface area contributed by atoms with Gasteiger partial charge in [0.2, 0.25) is 0 Å². The van der Waals surface area contributed by atoms with Gasteiger partial charge in [-0.3, -0.25) is 19.6 Å². The molecule has 10 rings (SSSR count). The molecule has 0 aromatic heterocycles. The molecule has 6 fully saturated rings. The van der Waals surface area contributed by atoms with Crippen LogP contribution in [0.25, 0.3) is 0 Å². The lowest BCUT2D eigenvalue weighted by atomic mass is 9.67. The highest BCUT2D eigenvalue weighted by Gasteiger charge is 2.53. The Balaban J connectivity index is 0.000000288. The molecule has 2 aromatic carbocycles. The molecular weight excluding hydrogens is 805 g/mol. The smallest absolute Gasteiger partial charge is 0.119 e. The zero-order chi connectivity index (χ0) is 49.1. The van der Waals surface area contributed by atoms with Gasteiger partial charge in [-0.05, 0) is 155 Å². The van der Waals surface area contributed by atoms with E-state index >= 15 is 0 Å². The van der Waals surface area contributed by atoms with Gasteiger partial charge < -0.3 is 4.74 Å². The minimum Gasteiger partial charge on any atom is -0.363 e. The molecule has 0 unspecified atom stereocenters. The molecule has 5 heteroatoms. The molecule has 0 amide bonds. The SMILES string of the molecule is C.CC.CC.CC.CC.CC(C)(C)N1CC2(C1)OCc1ccccc12.CC(C)(C)N1CC2(CCCC2)C1.CC(C)(C)N1CC2(CCCCC2)C1.CC(C)(C)N1CC2(CCc3ccccc32)C1. The molecular formula is C61H112N4O. The summed E-state index contributed by atoms with van der Waals surface area (Å²) < 4.78 is 6.03. The highest BCUT2D eigenvalue weighted by molar-refractivity contribution is 5.42. The Morgan fingerprint density at radius 3 is 1.14 bits per heavy atom. The van der Waals surface area contributed by atoms with Gasteiger partial charge in [-0.25, -0.2) is 0 Å². The number of hydrogen-bond acceptors (Lipinski definition) is 5. The van der Waals surface area contributed by atoms with Crippen molar-refractivity contribution >= 4 is 0 Å². The summed E-state index contributed by atoms with van der Waals surface area (Å²) in [6.07, 6.45) is 16.1. The number of rotatable bonds is 0. The molecule has 382 valence electrons. The molecule has 8 aliphatic rings. The van der Waals surface area contributed by atoms with Gasteiger partial charge in [0.1, 0.15) is 5.60 Å². The zero-order valence-corrected chi connectivity index (χ0v) is 47.0. The Bertz CT molecular complexity index is 1560. The van der Waals surface area contributed by atoms with Crippen molar-refractivity contribution < 1.29 is 4.74 Å². The fraction of sp³-hybridized carbons (Fsp3) is 0.803. The van der Waals surface area contributed by atoms with Crippen LogP contribution in [0.4, 0.5) is 0 Å². The molecule has 5 heterocycles. The molecule has 66 heavy (non-hydrogen) atoms. The van der Waals surface area contributed by atoms with Gasteiger partial charge in [0.05, 0.1) is 6.61 Å². The number of benzene rings is 2. The Hall–Kier alpha value is -1.76. The summed E-state index contributed by atoms with van der Waals surface area (Å²) in [6, 6.07) is 17.7. The lowest BCUT2D eigenvalue weighted by molar-refractivity contribution is -0.167. The number of hydrogen-bond donors (Lipinski definition) is 0. The fourth-order valence-electron chi connectivity index (χ4n) is 11.5. The predicted octanol–water partition coefficient (Wildman–Crippen LogP) is 16.0. The van der Waals surface area contributed by atoms with Crippen molar-refractivity contribution in [2.24, 2.45) is 10.8 Å². The zero-order valence-electron chi connectivity index (χ0n) is 47.0. The van der Waals surface area contributed by atoms with E-state index in [9.17, 15) is 0 Å². The maximum absolute atomic E-state index is 6.03. The second-order valence-corrected chi connectivity index (χ2v) is 24.3. The molecule has 2 aromatic rings. The third-order valence-electron chi connectivity index (χ3n) is 15.8. The van der Waals surface area contributed by atoms with Crippen LogP contribution in [0.2, 0.25) is 0 Å². The molecule has 0 atom stereocenters. The highest BCUT2D eigenvalue weighted by atomic mass is 16.5. The average molecular weight is 918 g/mol. The van der Waals surface area contributed by atoms with E-state index in [-0.39, 0.29) is 18.6 Å². The number of likely N-dealkylation sites (tertiary alicyclic amines) is 4. The largest absolute Gasteiger partial charge is 0.363 e. The molecule has 0 N–H and O–H groups in total. The van der Waals surface area contributed by atoms with E-state index in [1.165, 1.54) is 121 Å². The van der Waals surface area contributed by atoms with Crippen LogP contribution >= 0.6 is 0 Å². The van der Waals surface area contributed by atoms with Gasteiger partial charge in [0.25, 0.3) is 0 Å². The van der Waals surface area contributed by atoms with E-state index in [0.29, 0.717) is 22.0 Å². The Morgan fingerprint density at radius 2 is 0.727 bits per heavy atom. The first-order valence-corrected chi connectivity index (χ1v) is 27.4. The summed E-state index contributed by atoms with van der Waals surface area (Å²) in [6.45, 7) is 54.6. The molecule has 5 aliphatic heterocycles. The normalized spacial score (nSPS) is 22.6. The Labute approximate surface area is 413 Å². The van der Waals surface area contributed by atoms with Gasteiger partial charge in [-0.2, -0.15) is 0 Å². The van der Waals surface area contributed by atoms with Crippen molar-refractivity contribution in [3.05, 3.63) is 70.8 Å². The van der Waals surface area contributed by atoms with Crippen LogP contribution in [-0.4, -0.2) is 94.1 Å². The standard InChI is InChI=1S/C15H21N.C14H19NO.C12H23N.C11H21N.4C2H6.CH4/c1-14(2,3)16-10-15(11-16)9-8-12-6-4-5-7-13(12)15;1-13(2,3)15-9-14(10-15)12-7-5-4-6-11(12)8-16-14;1-11(2,3)13-9-12(10-13)7-5-4-6-8-12;1-10(2,3)12-8-11(9-12)6-4-5-7-11;4*1-2;/h4-7H,8-11H2,1-3H3;4-7H,8-10H2,1-3H3;4-10H2,1-3H3;4-9H2,1-3H3;4*1-2H3;1H4. The first-order valence-electron chi connectivity index (χ1n) is 27.4. The quantitative estimate of drug-likeness (QED) is 0.262. The average Bonchev–Trinajstić information content (AvgIpc) is 3.98. The highest BCUT2D eigenvalue weighted by Crippen LogP contribution is 2.50. The van der Waals surface area contributed by atoms with Crippen molar-refractivity contribution in [1.29, 1.82) is 0 Å². The van der Waals surface area contributed by atoms with Crippen LogP contribution in [-0.2, 0) is 28.8 Å². The van der Waals surface area contributed by atoms with Crippen molar-refractivity contribution in [1.82, 2.24) is 19.6 Å². The Morgan fingerprint density at radius 1 is 0.394 bits per heavy atom. The molecule has 0 bridgehead atoms. The molecule has 3 aliphatic carbocycles. The second-order valence-electron chi connectivity index (χ2n) is 24.3. The third kappa shape index (κ3) is 14.4. The summed E-state index contributed by atoms with van der Waals surface area (Å²) in [7, 11) is 0. The summed E-state index contributed by atoms with van der Waals surface area (Å²) >= 11 is 0. The van der Waals surface area contributed by atoms with Gasteiger partial charge in [-0.15, -0.1) is 0 Å². The number of aryl methyl sites for hydroxylation is 1. The topological polar surface area (TPSA) is 22.2 Å². The first-order chi connectivity index (χ1) is 30.6. The van der Waals surface area contributed by atoms with Crippen LogP contribution in [0.3, 0.4) is 0 Å². The summed E-state index contributed by atoms with van der Waals surface area (Å²) in [4.78, 5) is 10.3. The minimum atomic E-state index is 0. The number of fused-ring (bicyclic) bond motifs is 4. The van der Waals surface area contributed by atoms with Crippen LogP contribution in [0.5, 0.6) is 0 Å². The molecule has 0 radical (unpaired) electrons. The lowest BCUT2D eigenvalue weighted by Crippen LogP contribution is -2.64. The van der Waals surface area contributed by atoms with Crippen LogP contribution in [0.1, 0.15) is 232 Å². The van der Waals surface area contributed by atoms with E-state index in [1.807, 2.05) is 55.4 Å². The minimum absolute atomic E-state index is 0. The molecule has 2 saturated carbocycles. The van der Waals surface area contributed by atoms with E-state index in [2.05, 4.69) is 151 Å². The van der Waals surface area contributed by atoms with Crippen LogP contribution in [0.15, 0.2) is 48.5 Å². The van der Waals surface area contributed by atoms with E-state index < -0.39 is 0 Å². The van der Waals surface area contributed by atoms with Crippen molar-refractivity contribution in [2.45, 2.75) is 256 Å². The fourth-order valence-corrected chi connectivity index (χ4v) is 11.5. The van der Waals surface area contributed by atoms with Crippen molar-refractivity contribution in [3.63, 3.8) is 0 Å². The van der Waals surface area contributed by atoms with Crippen LogP contribution in [0, 0.1) is 10.8 Å². The summed E-state index contributed by atoms with van der Waals surface area (Å²) in [5, 5.41) is 0. The second kappa shape index (κ2) is 24.9. The Kier molecular flexibility index (Phi) is 22.7. The maximum Gasteiger partial charge on any atom is 0.119 e. The summed E-state index contributed by atoms with van der Waals surface area (Å²) in [5.41, 5.74) is 9.45. The summed E-state index contributed by atoms with van der Waals surface area (Å²) in [5.74, 6) is 0. The predicted molar refractivity (Wildman–Crippen MR) is 293 cm³/mol. The van der Waals surface area contributed by atoms with Crippen LogP contribution < -0.4 is 0 Å². The van der Waals surface area contributed by atoms with Crippen molar-refractivity contribution in [2.75, 3.05) is 52.4 Å². The molecule has 4 spiro atoms. The third-order valence-corrected chi connectivity index (χ3v) is 15.8. The number of ether oxygens (including phenoxy) is 1. The lowest BCUT2D eigenvalue weighted by Gasteiger charge is -2.57. The molecule has 5 nitrogen and oxygen atoms in total. The van der Waals surface area contributed by atoms with Gasteiger partial charge >= 0.3 is 0 Å². The first kappa shape index (κ1) is 60.4. The van der Waals surface area contributed by atoms with E-state index in [0.717, 1.165) is 30.5 Å². The number of nitrogens with zero attached hydrogens (tertiary/aromatic N) is 4. The monoisotopic (exact) mass is 917 g/mol. The van der Waals surface area contributed by atoms with Gasteiger partial charge in [0, 0.05) is 79.9 Å². The van der Waals surface area contributed by atoms with E-state index in [4.69, 9.17) is 4.74 Å².